The van der Waals surface area contributed by atoms with Crippen LogP contribution in [-0.4, -0.2) is 41.6 Å². The molecule has 0 bridgehead atoms. The Morgan fingerprint density at radius 1 is 0.667 bits per heavy atom. The van der Waals surface area contributed by atoms with E-state index in [1.54, 1.807) is 0 Å². The van der Waals surface area contributed by atoms with Crippen LogP contribution in [0.15, 0.2) is 30.3 Å². The lowest BCUT2D eigenvalue weighted by atomic mass is 9.93. The maximum absolute atomic E-state index is 13.6. The average Bonchev–Trinajstić information content (AvgIpc) is 2.58. The monoisotopic (exact) mass is 464 g/mol. The van der Waals surface area contributed by atoms with Gasteiger partial charge in [-0.25, -0.2) is 0 Å². The first kappa shape index (κ1) is 25.8. The first-order valence-corrected chi connectivity index (χ1v) is 7.39. The highest BCUT2D eigenvalue weighted by molar-refractivity contribution is 5.94. The number of carbonyl (C=O) groups is 1. The van der Waals surface area contributed by atoms with E-state index in [0.29, 0.717) is 0 Å². The van der Waals surface area contributed by atoms with Crippen LogP contribution in [0.25, 0.3) is 6.08 Å². The van der Waals surface area contributed by atoms with E-state index in [0.717, 1.165) is 31.2 Å². The number of halogens is 13. The fourth-order valence-corrected chi connectivity index (χ4v) is 1.92. The van der Waals surface area contributed by atoms with Gasteiger partial charge >= 0.3 is 35.8 Å². The Labute approximate surface area is 159 Å². The van der Waals surface area contributed by atoms with Crippen LogP contribution in [0.3, 0.4) is 0 Å². The highest BCUT2D eigenvalue weighted by atomic mass is 19.4. The van der Waals surface area contributed by atoms with Crippen LogP contribution in [0.4, 0.5) is 57.1 Å². The molecule has 0 fully saturated rings. The van der Waals surface area contributed by atoms with Gasteiger partial charge in [-0.1, -0.05) is 30.3 Å². The molecule has 1 rings (SSSR count). The van der Waals surface area contributed by atoms with Crippen molar-refractivity contribution in [2.24, 2.45) is 0 Å². The van der Waals surface area contributed by atoms with E-state index in [1.807, 2.05) is 0 Å². The van der Waals surface area contributed by atoms with Gasteiger partial charge in [0.25, 0.3) is 0 Å². The molecule has 0 aliphatic carbocycles. The number of hydrogen-bond acceptors (Lipinski definition) is 1. The second-order valence-corrected chi connectivity index (χ2v) is 5.93. The molecule has 0 saturated carbocycles. The van der Waals surface area contributed by atoms with Crippen LogP contribution in [0.1, 0.15) is 22.8 Å². The van der Waals surface area contributed by atoms with Crippen molar-refractivity contribution in [1.82, 2.24) is 0 Å². The molecule has 30 heavy (non-hydrogen) atoms. The smallest absolute Gasteiger partial charge is 0.295 e. The van der Waals surface area contributed by atoms with Crippen molar-refractivity contribution in [3.05, 3.63) is 41.5 Å². The minimum absolute atomic E-state index is 0.00600. The van der Waals surface area contributed by atoms with Gasteiger partial charge in [-0.15, -0.1) is 0 Å². The van der Waals surface area contributed by atoms with E-state index < -0.39 is 53.2 Å². The predicted octanol–water partition coefficient (Wildman–Crippen LogP) is 6.64. The van der Waals surface area contributed by atoms with Crippen LogP contribution in [-0.2, 0) is 0 Å². The molecular weight excluding hydrogens is 455 g/mol. The summed E-state index contributed by atoms with van der Waals surface area (Å²) in [6, 6.07) is 3.69. The van der Waals surface area contributed by atoms with E-state index in [9.17, 15) is 61.9 Å². The van der Waals surface area contributed by atoms with E-state index in [4.69, 9.17) is 0 Å². The number of ketones is 1. The van der Waals surface area contributed by atoms with Gasteiger partial charge < -0.3 is 0 Å². The zero-order valence-electron chi connectivity index (χ0n) is 14.3. The molecule has 0 unspecified atom stereocenters. The Morgan fingerprint density at radius 2 is 1.07 bits per heavy atom. The molecule has 0 aromatic heterocycles. The van der Waals surface area contributed by atoms with Gasteiger partial charge in [-0.3, -0.25) is 4.79 Å². The molecular formula is C16H9F13O. The van der Waals surface area contributed by atoms with Crippen LogP contribution in [0, 0.1) is 0 Å². The third kappa shape index (κ3) is 4.00. The SMILES string of the molecule is CC(=O)c1ccc(/C=C/C(F)(F)C(F)(F)C(F)(F)C(F)(F)C(F)(F)C(F)(F)F)cc1. The van der Waals surface area contributed by atoms with Crippen molar-refractivity contribution in [3.8, 4) is 0 Å². The third-order valence-electron chi connectivity index (χ3n) is 3.76. The Bertz CT molecular complexity index is 803. The van der Waals surface area contributed by atoms with Gasteiger partial charge in [0.2, 0.25) is 0 Å². The number of benzene rings is 1. The molecule has 0 saturated heterocycles. The zero-order chi connectivity index (χ0) is 24.0. The summed E-state index contributed by atoms with van der Waals surface area (Å²) in [4.78, 5) is 11.0. The number of rotatable bonds is 7. The summed E-state index contributed by atoms with van der Waals surface area (Å²) in [5, 5.41) is 0. The molecule has 0 heterocycles. The quantitative estimate of drug-likeness (QED) is 0.327. The molecule has 14 heteroatoms. The highest BCUT2D eigenvalue weighted by Crippen LogP contribution is 2.60. The lowest BCUT2D eigenvalue weighted by molar-refractivity contribution is -0.436. The Morgan fingerprint density at radius 3 is 1.43 bits per heavy atom. The second-order valence-electron chi connectivity index (χ2n) is 5.93. The maximum atomic E-state index is 13.6. The lowest BCUT2D eigenvalue weighted by Crippen LogP contribution is -2.69. The molecule has 0 atom stereocenters. The minimum atomic E-state index is -7.93. The van der Waals surface area contributed by atoms with Crippen LogP contribution in [0.5, 0.6) is 0 Å². The number of Topliss-reactive ketones (excluding diaryl/α,β-unsaturated/α-hetero) is 1. The minimum Gasteiger partial charge on any atom is -0.295 e. The predicted molar refractivity (Wildman–Crippen MR) is 76.3 cm³/mol. The maximum Gasteiger partial charge on any atom is 0.460 e. The fraction of sp³-hybridized carbons (Fsp3) is 0.438. The Hall–Kier alpha value is -2.28. The normalized spacial score (nSPS) is 15.0. The zero-order valence-corrected chi connectivity index (χ0v) is 14.3. The molecule has 0 spiro atoms. The van der Waals surface area contributed by atoms with Crippen LogP contribution >= 0.6 is 0 Å². The van der Waals surface area contributed by atoms with Crippen molar-refractivity contribution in [2.45, 2.75) is 42.7 Å². The van der Waals surface area contributed by atoms with E-state index in [-0.39, 0.29) is 11.6 Å². The summed E-state index contributed by atoms with van der Waals surface area (Å²) in [7, 11) is 0. The van der Waals surface area contributed by atoms with Gasteiger partial charge in [0.05, 0.1) is 0 Å². The Balaban J connectivity index is 3.36. The summed E-state index contributed by atoms with van der Waals surface area (Å²) in [5.74, 6) is -37.7. The number of alkyl halides is 13. The van der Waals surface area contributed by atoms with Crippen molar-refractivity contribution in [2.75, 3.05) is 0 Å². The van der Waals surface area contributed by atoms with Crippen LogP contribution in [0.2, 0.25) is 0 Å². The molecule has 0 amide bonds. The van der Waals surface area contributed by atoms with Crippen molar-refractivity contribution in [3.63, 3.8) is 0 Å². The average molecular weight is 464 g/mol. The first-order chi connectivity index (χ1) is 13.1. The van der Waals surface area contributed by atoms with Crippen molar-refractivity contribution in [1.29, 1.82) is 0 Å². The van der Waals surface area contributed by atoms with Crippen molar-refractivity contribution < 1.29 is 61.9 Å². The number of carbonyl (C=O) groups excluding carboxylic acids is 1. The fourth-order valence-electron chi connectivity index (χ4n) is 1.92. The van der Waals surface area contributed by atoms with Gasteiger partial charge in [0.1, 0.15) is 0 Å². The topological polar surface area (TPSA) is 17.1 Å². The summed E-state index contributed by atoms with van der Waals surface area (Å²) < 4.78 is 168. The summed E-state index contributed by atoms with van der Waals surface area (Å²) >= 11 is 0. The van der Waals surface area contributed by atoms with Crippen molar-refractivity contribution >= 4 is 11.9 Å². The molecule has 1 nitrogen and oxygen atoms in total. The summed E-state index contributed by atoms with van der Waals surface area (Å²) in [6.45, 7) is 1.10. The van der Waals surface area contributed by atoms with E-state index >= 15 is 0 Å². The molecule has 0 radical (unpaired) electrons. The van der Waals surface area contributed by atoms with Gasteiger partial charge in [-0.2, -0.15) is 57.1 Å². The van der Waals surface area contributed by atoms with Gasteiger partial charge in [0, 0.05) is 5.56 Å². The lowest BCUT2D eigenvalue weighted by Gasteiger charge is -2.39. The largest absolute Gasteiger partial charge is 0.460 e. The second kappa shape index (κ2) is 7.45. The molecule has 0 N–H and O–H groups in total. The van der Waals surface area contributed by atoms with Gasteiger partial charge in [0.15, 0.2) is 5.78 Å². The Kier molecular flexibility index (Phi) is 6.39. The molecule has 0 aliphatic heterocycles. The van der Waals surface area contributed by atoms with E-state index in [2.05, 4.69) is 0 Å². The van der Waals surface area contributed by atoms with Gasteiger partial charge in [-0.05, 0) is 18.6 Å². The van der Waals surface area contributed by atoms with Crippen LogP contribution < -0.4 is 0 Å². The van der Waals surface area contributed by atoms with E-state index in [1.165, 1.54) is 0 Å². The standard InChI is InChI=1S/C16H9F13O/c1-8(30)10-4-2-9(3-5-10)6-7-11(17,18)12(19,20)13(21,22)14(23,24)15(25,26)16(27,28)29/h2-7H,1H3/b7-6+. The molecule has 1 aromatic carbocycles. The molecule has 0 aliphatic rings. The summed E-state index contributed by atoms with van der Waals surface area (Å²) in [6.07, 6.45) is -8.51. The first-order valence-electron chi connectivity index (χ1n) is 7.39. The molecule has 1 aromatic rings. The highest BCUT2D eigenvalue weighted by Gasteiger charge is 2.90. The summed E-state index contributed by atoms with van der Waals surface area (Å²) in [5.41, 5.74) is -0.420. The number of allylic oxidation sites excluding steroid dienone is 1. The molecule has 170 valence electrons. The number of hydrogen-bond donors (Lipinski definition) is 0. The third-order valence-corrected chi connectivity index (χ3v) is 3.76.